The number of halogens is 1. The number of hydrogen-bond donors (Lipinski definition) is 2. The molecule has 0 spiro atoms. The lowest BCUT2D eigenvalue weighted by Crippen LogP contribution is -2.41. The van der Waals surface area contributed by atoms with Gasteiger partial charge in [-0.2, -0.15) is 0 Å². The van der Waals surface area contributed by atoms with E-state index < -0.39 is 5.60 Å². The summed E-state index contributed by atoms with van der Waals surface area (Å²) in [6, 6.07) is 6.00. The van der Waals surface area contributed by atoms with E-state index in [1.54, 1.807) is 0 Å². The summed E-state index contributed by atoms with van der Waals surface area (Å²) < 4.78 is 10.8. The molecule has 0 amide bonds. The minimum absolute atomic E-state index is 0. The Labute approximate surface area is 173 Å². The molecule has 0 radical (unpaired) electrons. The molecule has 0 bridgehead atoms. The normalized spacial score (nSPS) is 18.2. The first-order chi connectivity index (χ1) is 12.1. The van der Waals surface area contributed by atoms with Crippen molar-refractivity contribution < 1.29 is 14.6 Å². The van der Waals surface area contributed by atoms with Crippen LogP contribution in [0.2, 0.25) is 0 Å². The predicted molar refractivity (Wildman–Crippen MR) is 113 cm³/mol. The van der Waals surface area contributed by atoms with Crippen molar-refractivity contribution in [3.8, 4) is 11.5 Å². The van der Waals surface area contributed by atoms with Crippen LogP contribution < -0.4 is 14.8 Å². The van der Waals surface area contributed by atoms with E-state index in [2.05, 4.69) is 17.1 Å². The Morgan fingerprint density at radius 2 is 1.96 bits per heavy atom. The van der Waals surface area contributed by atoms with Gasteiger partial charge in [-0.05, 0) is 37.5 Å². The van der Waals surface area contributed by atoms with Crippen LogP contribution in [0.4, 0.5) is 0 Å². The first-order valence-electron chi connectivity index (χ1n) is 9.20. The van der Waals surface area contributed by atoms with Crippen LogP contribution in [0.3, 0.4) is 0 Å². The maximum absolute atomic E-state index is 10.7. The second-order valence-corrected chi connectivity index (χ2v) is 7.00. The smallest absolute Gasteiger partial charge is 0.231 e. The number of ether oxygens (including phenoxy) is 2. The number of nitrogens with one attached hydrogen (secondary N) is 1. The number of hydrogen-bond acceptors (Lipinski definition) is 4. The minimum atomic E-state index is -0.640. The van der Waals surface area contributed by atoms with Crippen molar-refractivity contribution in [2.24, 2.45) is 4.99 Å². The van der Waals surface area contributed by atoms with Crippen LogP contribution in [-0.2, 0) is 6.54 Å². The second-order valence-electron chi connectivity index (χ2n) is 7.00. The summed E-state index contributed by atoms with van der Waals surface area (Å²) in [6.45, 7) is 4.31. The molecule has 2 N–H and O–H groups in total. The molecule has 146 valence electrons. The fraction of sp³-hybridized carbons (Fsp3) is 0.632. The van der Waals surface area contributed by atoms with Gasteiger partial charge in [0.05, 0.1) is 12.1 Å². The van der Waals surface area contributed by atoms with E-state index >= 15 is 0 Å². The molecule has 0 atom stereocenters. The number of rotatable bonds is 5. The molecule has 1 aliphatic carbocycles. The van der Waals surface area contributed by atoms with Gasteiger partial charge < -0.3 is 24.8 Å². The van der Waals surface area contributed by atoms with Gasteiger partial charge >= 0.3 is 0 Å². The van der Waals surface area contributed by atoms with Crippen LogP contribution in [0.5, 0.6) is 11.5 Å². The summed E-state index contributed by atoms with van der Waals surface area (Å²) in [6.07, 6.45) is 5.10. The summed E-state index contributed by atoms with van der Waals surface area (Å²) in [5, 5.41) is 14.0. The molecule has 0 aromatic heterocycles. The van der Waals surface area contributed by atoms with E-state index in [-0.39, 0.29) is 30.8 Å². The van der Waals surface area contributed by atoms with E-state index in [4.69, 9.17) is 14.5 Å². The lowest BCUT2D eigenvalue weighted by molar-refractivity contribution is 0.0130. The maximum atomic E-state index is 10.7. The van der Waals surface area contributed by atoms with Crippen LogP contribution in [0.15, 0.2) is 23.2 Å². The highest BCUT2D eigenvalue weighted by molar-refractivity contribution is 14.0. The molecule has 1 fully saturated rings. The Bertz CT molecular complexity index is 618. The average molecular weight is 475 g/mol. The van der Waals surface area contributed by atoms with E-state index in [0.717, 1.165) is 55.3 Å². The van der Waals surface area contributed by atoms with Gasteiger partial charge in [0, 0.05) is 20.1 Å². The van der Waals surface area contributed by atoms with Crippen LogP contribution in [0, 0.1) is 0 Å². The van der Waals surface area contributed by atoms with Gasteiger partial charge in [-0.15, -0.1) is 24.0 Å². The summed E-state index contributed by atoms with van der Waals surface area (Å²) in [5.74, 6) is 2.41. The molecule has 3 rings (SSSR count). The summed E-state index contributed by atoms with van der Waals surface area (Å²) in [7, 11) is 2.01. The number of aliphatic hydroxyl groups is 1. The van der Waals surface area contributed by atoms with Crippen molar-refractivity contribution in [3.05, 3.63) is 23.8 Å². The monoisotopic (exact) mass is 475 g/mol. The molecule has 0 unspecified atom stereocenters. The van der Waals surface area contributed by atoms with Gasteiger partial charge in [0.2, 0.25) is 6.79 Å². The number of nitrogens with zero attached hydrogens (tertiary/aromatic N) is 2. The molecule has 1 aromatic rings. The third-order valence-electron chi connectivity index (χ3n) is 4.86. The molecule has 7 heteroatoms. The Balaban J connectivity index is 0.00000243. The van der Waals surface area contributed by atoms with Crippen molar-refractivity contribution in [3.63, 3.8) is 0 Å². The van der Waals surface area contributed by atoms with Crippen molar-refractivity contribution in [1.82, 2.24) is 10.2 Å². The standard InChI is InChI=1S/C19H29N3O3.HI/c1-3-20-18(21-13-19(23)9-5-4-6-10-19)22(2)12-15-7-8-16-17(11-15)25-14-24-16;/h7-8,11,23H,3-6,9-10,12-14H2,1-2H3,(H,20,21);1H. The number of benzene rings is 1. The van der Waals surface area contributed by atoms with Gasteiger partial charge in [-0.1, -0.05) is 25.3 Å². The molecule has 26 heavy (non-hydrogen) atoms. The SMILES string of the molecule is CCNC(=NCC1(O)CCCCC1)N(C)Cc1ccc2c(c1)OCO2.I. The van der Waals surface area contributed by atoms with Gasteiger partial charge in [-0.3, -0.25) is 4.99 Å². The Morgan fingerprint density at radius 1 is 1.23 bits per heavy atom. The van der Waals surface area contributed by atoms with Crippen LogP contribution in [0.25, 0.3) is 0 Å². The van der Waals surface area contributed by atoms with Gasteiger partial charge in [0.15, 0.2) is 17.5 Å². The van der Waals surface area contributed by atoms with Crippen molar-refractivity contribution >= 4 is 29.9 Å². The summed E-state index contributed by atoms with van der Waals surface area (Å²) >= 11 is 0. The highest BCUT2D eigenvalue weighted by Gasteiger charge is 2.29. The second kappa shape index (κ2) is 9.64. The molecule has 1 saturated carbocycles. The topological polar surface area (TPSA) is 66.3 Å². The van der Waals surface area contributed by atoms with E-state index in [9.17, 15) is 5.11 Å². The summed E-state index contributed by atoms with van der Waals surface area (Å²) in [5.41, 5.74) is 0.493. The fourth-order valence-corrected chi connectivity index (χ4v) is 3.45. The predicted octanol–water partition coefficient (Wildman–Crippen LogP) is 3.13. The van der Waals surface area contributed by atoms with Crippen LogP contribution in [-0.4, -0.2) is 48.5 Å². The zero-order chi connectivity index (χ0) is 17.7. The molecule has 0 saturated heterocycles. The highest BCUT2D eigenvalue weighted by Crippen LogP contribution is 2.32. The van der Waals surface area contributed by atoms with Gasteiger partial charge in [0.1, 0.15) is 0 Å². The lowest BCUT2D eigenvalue weighted by Gasteiger charge is -2.31. The fourth-order valence-electron chi connectivity index (χ4n) is 3.45. The number of guanidine groups is 1. The average Bonchev–Trinajstić information content (AvgIpc) is 3.07. The Kier molecular flexibility index (Phi) is 7.82. The van der Waals surface area contributed by atoms with Crippen LogP contribution >= 0.6 is 24.0 Å². The van der Waals surface area contributed by atoms with Crippen molar-refractivity contribution in [2.75, 3.05) is 26.9 Å². The molecule has 2 aliphatic rings. The first-order valence-corrected chi connectivity index (χ1v) is 9.20. The molecule has 1 heterocycles. The van der Waals surface area contributed by atoms with E-state index in [1.807, 2.05) is 25.2 Å². The largest absolute Gasteiger partial charge is 0.454 e. The van der Waals surface area contributed by atoms with Gasteiger partial charge in [-0.25, -0.2) is 0 Å². The molecule has 1 aromatic carbocycles. The lowest BCUT2D eigenvalue weighted by atomic mass is 9.85. The Hall–Kier alpha value is -1.22. The first kappa shape index (κ1) is 21.1. The molecular weight excluding hydrogens is 445 g/mol. The Morgan fingerprint density at radius 3 is 2.69 bits per heavy atom. The number of aliphatic imine (C=N–C) groups is 1. The maximum Gasteiger partial charge on any atom is 0.231 e. The summed E-state index contributed by atoms with van der Waals surface area (Å²) in [4.78, 5) is 6.78. The third kappa shape index (κ3) is 5.39. The van der Waals surface area contributed by atoms with Crippen molar-refractivity contribution in [1.29, 1.82) is 0 Å². The third-order valence-corrected chi connectivity index (χ3v) is 4.86. The van der Waals surface area contributed by atoms with Crippen LogP contribution in [0.1, 0.15) is 44.6 Å². The quantitative estimate of drug-likeness (QED) is 0.389. The minimum Gasteiger partial charge on any atom is -0.454 e. The zero-order valence-corrected chi connectivity index (χ0v) is 18.0. The molecular formula is C19H30IN3O3. The molecule has 6 nitrogen and oxygen atoms in total. The zero-order valence-electron chi connectivity index (χ0n) is 15.7. The number of fused-ring (bicyclic) bond motifs is 1. The van der Waals surface area contributed by atoms with Gasteiger partial charge in [0.25, 0.3) is 0 Å². The highest BCUT2D eigenvalue weighted by atomic mass is 127. The molecule has 1 aliphatic heterocycles. The van der Waals surface area contributed by atoms with Crippen molar-refractivity contribution in [2.45, 2.75) is 51.2 Å². The van der Waals surface area contributed by atoms with E-state index in [1.165, 1.54) is 6.42 Å². The van der Waals surface area contributed by atoms with E-state index in [0.29, 0.717) is 13.1 Å².